The van der Waals surface area contributed by atoms with E-state index in [1.54, 1.807) is 26.0 Å². The van der Waals surface area contributed by atoms with Gasteiger partial charge in [0.25, 0.3) is 0 Å². The number of aromatic hydroxyl groups is 2. The molecule has 0 saturated carbocycles. The molecule has 0 amide bonds. The zero-order valence-electron chi connectivity index (χ0n) is 17.2. The van der Waals surface area contributed by atoms with Crippen molar-refractivity contribution in [1.82, 2.24) is 0 Å². The highest BCUT2D eigenvalue weighted by atomic mass is 16.8. The molecule has 2 aliphatic rings. The molecule has 1 fully saturated rings. The molecule has 0 spiro atoms. The Morgan fingerprint density at radius 3 is 2.23 bits per heavy atom. The SMILES string of the molecule is CC1(C)OC[C@](Cc2cc(O)c3c(c2O)C(=O)c2ccccc2C3=O)(C[C@H](O)CO)O1. The van der Waals surface area contributed by atoms with Crippen LogP contribution in [-0.4, -0.2) is 62.7 Å². The summed E-state index contributed by atoms with van der Waals surface area (Å²) >= 11 is 0. The third kappa shape index (κ3) is 3.61. The van der Waals surface area contributed by atoms with E-state index in [9.17, 15) is 30.0 Å². The molecule has 1 heterocycles. The number of carbonyl (C=O) groups excluding carboxylic acids is 2. The zero-order valence-corrected chi connectivity index (χ0v) is 17.2. The van der Waals surface area contributed by atoms with Crippen LogP contribution in [0.25, 0.3) is 0 Å². The molecule has 0 aromatic heterocycles. The molecule has 164 valence electrons. The van der Waals surface area contributed by atoms with Crippen LogP contribution in [0.3, 0.4) is 0 Å². The van der Waals surface area contributed by atoms with Gasteiger partial charge in [0, 0.05) is 29.5 Å². The first-order valence-corrected chi connectivity index (χ1v) is 9.97. The second kappa shape index (κ2) is 7.42. The highest BCUT2D eigenvalue weighted by molar-refractivity contribution is 6.30. The average molecular weight is 428 g/mol. The predicted octanol–water partition coefficient (Wildman–Crippen LogP) is 1.68. The third-order valence-corrected chi connectivity index (χ3v) is 5.70. The van der Waals surface area contributed by atoms with Crippen molar-refractivity contribution in [3.8, 4) is 11.5 Å². The Morgan fingerprint density at radius 1 is 1.06 bits per heavy atom. The van der Waals surface area contributed by atoms with E-state index in [-0.39, 0.29) is 47.3 Å². The van der Waals surface area contributed by atoms with Crippen LogP contribution in [0.2, 0.25) is 0 Å². The molecule has 8 nitrogen and oxygen atoms in total. The summed E-state index contributed by atoms with van der Waals surface area (Å²) in [4.78, 5) is 26.0. The second-order valence-corrected chi connectivity index (χ2v) is 8.55. The van der Waals surface area contributed by atoms with E-state index >= 15 is 0 Å². The van der Waals surface area contributed by atoms with Crippen LogP contribution < -0.4 is 0 Å². The monoisotopic (exact) mass is 428 g/mol. The van der Waals surface area contributed by atoms with Crippen LogP contribution >= 0.6 is 0 Å². The number of rotatable bonds is 5. The van der Waals surface area contributed by atoms with E-state index in [0.717, 1.165) is 0 Å². The van der Waals surface area contributed by atoms with E-state index in [2.05, 4.69) is 0 Å². The Labute approximate surface area is 178 Å². The fourth-order valence-corrected chi connectivity index (χ4v) is 4.43. The maximum atomic E-state index is 13.1. The van der Waals surface area contributed by atoms with Crippen LogP contribution in [0.15, 0.2) is 30.3 Å². The first-order chi connectivity index (χ1) is 14.6. The molecular weight excluding hydrogens is 404 g/mol. The number of fused-ring (bicyclic) bond motifs is 2. The van der Waals surface area contributed by atoms with Gasteiger partial charge in [0.05, 0.1) is 30.4 Å². The van der Waals surface area contributed by atoms with Gasteiger partial charge in [-0.25, -0.2) is 0 Å². The van der Waals surface area contributed by atoms with Gasteiger partial charge in [0.2, 0.25) is 0 Å². The lowest BCUT2D eigenvalue weighted by Gasteiger charge is -2.32. The van der Waals surface area contributed by atoms with E-state index in [1.807, 2.05) is 0 Å². The van der Waals surface area contributed by atoms with Gasteiger partial charge in [-0.2, -0.15) is 0 Å². The van der Waals surface area contributed by atoms with Crippen molar-refractivity contribution >= 4 is 11.6 Å². The van der Waals surface area contributed by atoms with E-state index in [1.165, 1.54) is 18.2 Å². The molecule has 31 heavy (non-hydrogen) atoms. The van der Waals surface area contributed by atoms with Gasteiger partial charge in [-0.3, -0.25) is 9.59 Å². The van der Waals surface area contributed by atoms with Crippen LogP contribution in [0.1, 0.15) is 57.7 Å². The Balaban J connectivity index is 1.80. The molecule has 1 aliphatic carbocycles. The van der Waals surface area contributed by atoms with Gasteiger partial charge >= 0.3 is 0 Å². The van der Waals surface area contributed by atoms with Gasteiger partial charge in [-0.15, -0.1) is 0 Å². The number of hydrogen-bond acceptors (Lipinski definition) is 8. The summed E-state index contributed by atoms with van der Waals surface area (Å²) in [5.41, 5.74) is -1.13. The van der Waals surface area contributed by atoms with E-state index < -0.39 is 47.2 Å². The molecule has 8 heteroatoms. The molecule has 2 atom stereocenters. The lowest BCUT2D eigenvalue weighted by atomic mass is 9.80. The highest BCUT2D eigenvalue weighted by Crippen LogP contribution is 2.44. The highest BCUT2D eigenvalue weighted by Gasteiger charge is 2.47. The van der Waals surface area contributed by atoms with Crippen molar-refractivity contribution in [3.63, 3.8) is 0 Å². The number of aliphatic hydroxyl groups is 2. The maximum absolute atomic E-state index is 13.1. The summed E-state index contributed by atoms with van der Waals surface area (Å²) in [5.74, 6) is -2.92. The quantitative estimate of drug-likeness (QED) is 0.451. The summed E-state index contributed by atoms with van der Waals surface area (Å²) in [5, 5.41) is 40.9. The number of aliphatic hydroxyl groups excluding tert-OH is 2. The van der Waals surface area contributed by atoms with Gasteiger partial charge in [0.1, 0.15) is 17.1 Å². The number of hydrogen-bond donors (Lipinski definition) is 4. The summed E-state index contributed by atoms with van der Waals surface area (Å²) in [6.07, 6.45) is -1.12. The normalized spacial score (nSPS) is 22.8. The van der Waals surface area contributed by atoms with Gasteiger partial charge in [0.15, 0.2) is 17.4 Å². The fourth-order valence-electron chi connectivity index (χ4n) is 4.43. The first kappa shape index (κ1) is 21.5. The molecule has 0 bridgehead atoms. The standard InChI is InChI=1S/C23H24O8/c1-22(2)30-11-23(31-22,9-13(25)10-24)8-12-7-16(26)17-18(19(12)27)21(29)15-6-4-3-5-14(15)20(17)28/h3-7,13,24-27H,8-11H2,1-2H3/t13-,23-/m0/s1. The minimum Gasteiger partial charge on any atom is -0.507 e. The lowest BCUT2D eigenvalue weighted by Crippen LogP contribution is -2.41. The molecule has 2 aromatic rings. The summed E-state index contributed by atoms with van der Waals surface area (Å²) < 4.78 is 11.7. The van der Waals surface area contributed by atoms with Gasteiger partial charge < -0.3 is 29.9 Å². The molecule has 4 N–H and O–H groups in total. The van der Waals surface area contributed by atoms with Crippen LogP contribution in [0.4, 0.5) is 0 Å². The number of benzene rings is 2. The van der Waals surface area contributed by atoms with Crippen molar-refractivity contribution in [2.24, 2.45) is 0 Å². The molecule has 0 radical (unpaired) electrons. The van der Waals surface area contributed by atoms with Gasteiger partial charge in [-0.1, -0.05) is 24.3 Å². The van der Waals surface area contributed by atoms with Gasteiger partial charge in [-0.05, 0) is 19.9 Å². The third-order valence-electron chi connectivity index (χ3n) is 5.70. The van der Waals surface area contributed by atoms with Crippen molar-refractivity contribution in [3.05, 3.63) is 58.1 Å². The Bertz CT molecular complexity index is 1070. The summed E-state index contributed by atoms with van der Waals surface area (Å²) in [6.45, 7) is 2.97. The van der Waals surface area contributed by atoms with Crippen molar-refractivity contribution < 1.29 is 39.5 Å². The number of phenolic OH excluding ortho intramolecular Hbond substituents is 2. The lowest BCUT2D eigenvalue weighted by molar-refractivity contribution is -0.168. The minimum atomic E-state index is -1.12. The van der Waals surface area contributed by atoms with E-state index in [0.29, 0.717) is 0 Å². The molecule has 2 aromatic carbocycles. The predicted molar refractivity (Wildman–Crippen MR) is 108 cm³/mol. The molecule has 4 rings (SSSR count). The molecular formula is C23H24O8. The average Bonchev–Trinajstić information content (AvgIpc) is 3.02. The number of carbonyl (C=O) groups is 2. The van der Waals surface area contributed by atoms with Crippen LogP contribution in [0.5, 0.6) is 11.5 Å². The first-order valence-electron chi connectivity index (χ1n) is 9.97. The molecule has 1 saturated heterocycles. The minimum absolute atomic E-state index is 0.0000724. The molecule has 0 unspecified atom stereocenters. The number of ketones is 2. The van der Waals surface area contributed by atoms with Crippen LogP contribution in [0, 0.1) is 0 Å². The smallest absolute Gasteiger partial charge is 0.198 e. The van der Waals surface area contributed by atoms with Crippen LogP contribution in [-0.2, 0) is 15.9 Å². The Kier molecular flexibility index (Phi) is 5.13. The van der Waals surface area contributed by atoms with E-state index in [4.69, 9.17) is 9.47 Å². The number of phenols is 2. The fraction of sp³-hybridized carbons (Fsp3) is 0.391. The van der Waals surface area contributed by atoms with Crippen molar-refractivity contribution in [2.75, 3.05) is 13.2 Å². The maximum Gasteiger partial charge on any atom is 0.198 e. The van der Waals surface area contributed by atoms with Crippen molar-refractivity contribution in [1.29, 1.82) is 0 Å². The topological polar surface area (TPSA) is 134 Å². The Morgan fingerprint density at radius 2 is 1.68 bits per heavy atom. The summed E-state index contributed by atoms with van der Waals surface area (Å²) in [7, 11) is 0. The molecule has 1 aliphatic heterocycles. The second-order valence-electron chi connectivity index (χ2n) is 8.55. The Hall–Kier alpha value is -2.78. The zero-order chi connectivity index (χ0) is 22.6. The summed E-state index contributed by atoms with van der Waals surface area (Å²) in [6, 6.07) is 7.47. The number of ether oxygens (including phenoxy) is 2. The van der Waals surface area contributed by atoms with Crippen molar-refractivity contribution in [2.45, 2.75) is 44.2 Å². The largest absolute Gasteiger partial charge is 0.507 e.